The van der Waals surface area contributed by atoms with Gasteiger partial charge in [-0.15, -0.1) is 5.06 Å². The van der Waals surface area contributed by atoms with Crippen molar-refractivity contribution < 1.29 is 9.57 Å². The molecule has 0 fully saturated rings. The summed E-state index contributed by atoms with van der Waals surface area (Å²) in [5, 5.41) is 1.65. The summed E-state index contributed by atoms with van der Waals surface area (Å²) >= 11 is 3.36. The molecule has 0 saturated carbocycles. The first kappa shape index (κ1) is 8.04. The van der Waals surface area contributed by atoms with Crippen molar-refractivity contribution >= 4 is 15.9 Å². The Morgan fingerprint density at radius 3 is 2.50 bits per heavy atom. The van der Waals surface area contributed by atoms with Gasteiger partial charge in [-0.05, 0) is 22.9 Å². The molecular formula is C6H10BrNO2. The largest absolute Gasteiger partial charge is 0.407 e. The zero-order valence-corrected chi connectivity index (χ0v) is 7.81. The Morgan fingerprint density at radius 2 is 2.30 bits per heavy atom. The van der Waals surface area contributed by atoms with Crippen LogP contribution in [0.3, 0.4) is 0 Å². The molecule has 1 rings (SSSR count). The maximum absolute atomic E-state index is 5.22. The molecule has 58 valence electrons. The summed E-state index contributed by atoms with van der Waals surface area (Å²) in [4.78, 5) is 5.22. The number of halogens is 1. The van der Waals surface area contributed by atoms with Crippen molar-refractivity contribution in [2.24, 2.45) is 0 Å². The van der Waals surface area contributed by atoms with Crippen molar-refractivity contribution in [3.05, 3.63) is 10.2 Å². The Kier molecular flexibility index (Phi) is 2.33. The zero-order chi connectivity index (χ0) is 7.72. The van der Waals surface area contributed by atoms with Gasteiger partial charge in [-0.25, -0.2) is 0 Å². The molecule has 0 radical (unpaired) electrons. The highest BCUT2D eigenvalue weighted by Crippen LogP contribution is 2.28. The third kappa shape index (κ3) is 1.19. The average Bonchev–Trinajstić information content (AvgIpc) is 2.09. The quantitative estimate of drug-likeness (QED) is 0.651. The second-order valence-electron chi connectivity index (χ2n) is 2.13. The van der Waals surface area contributed by atoms with E-state index in [0.29, 0.717) is 0 Å². The van der Waals surface area contributed by atoms with Crippen molar-refractivity contribution in [1.82, 2.24) is 5.06 Å². The van der Waals surface area contributed by atoms with Crippen LogP contribution < -0.4 is 0 Å². The maximum Gasteiger partial charge on any atom is 0.177 e. The standard InChI is InChI=1S/C6H10BrNO2/c1-4-5(7)6(9-3)8(2)10-4/h6H,1-3H3. The Balaban J connectivity index is 2.72. The summed E-state index contributed by atoms with van der Waals surface area (Å²) in [5.74, 6) is 0.856. The molecule has 0 bridgehead atoms. The monoisotopic (exact) mass is 207 g/mol. The van der Waals surface area contributed by atoms with Crippen LogP contribution >= 0.6 is 15.9 Å². The van der Waals surface area contributed by atoms with Gasteiger partial charge in [0.1, 0.15) is 5.76 Å². The molecule has 0 aromatic rings. The van der Waals surface area contributed by atoms with E-state index in [1.807, 2.05) is 14.0 Å². The summed E-state index contributed by atoms with van der Waals surface area (Å²) in [6.07, 6.45) is -0.0833. The van der Waals surface area contributed by atoms with E-state index < -0.39 is 0 Å². The fourth-order valence-corrected chi connectivity index (χ4v) is 1.44. The van der Waals surface area contributed by atoms with Crippen LogP contribution in [-0.2, 0) is 9.57 Å². The van der Waals surface area contributed by atoms with Crippen LogP contribution in [0.5, 0.6) is 0 Å². The minimum atomic E-state index is -0.0833. The Hall–Kier alpha value is -0.0600. The minimum absolute atomic E-state index is 0.0833. The number of hydrogen-bond acceptors (Lipinski definition) is 3. The predicted molar refractivity (Wildman–Crippen MR) is 41.3 cm³/mol. The van der Waals surface area contributed by atoms with Gasteiger partial charge >= 0.3 is 0 Å². The lowest BCUT2D eigenvalue weighted by molar-refractivity contribution is -0.161. The van der Waals surface area contributed by atoms with Crippen molar-refractivity contribution in [1.29, 1.82) is 0 Å². The highest BCUT2D eigenvalue weighted by Gasteiger charge is 2.28. The fourth-order valence-electron chi connectivity index (χ4n) is 0.893. The Morgan fingerprint density at radius 1 is 1.70 bits per heavy atom. The average molecular weight is 208 g/mol. The lowest BCUT2D eigenvalue weighted by Gasteiger charge is -2.16. The molecule has 10 heavy (non-hydrogen) atoms. The van der Waals surface area contributed by atoms with Gasteiger partial charge in [-0.1, -0.05) is 0 Å². The summed E-state index contributed by atoms with van der Waals surface area (Å²) < 4.78 is 6.06. The van der Waals surface area contributed by atoms with Crippen molar-refractivity contribution in [3.8, 4) is 0 Å². The second-order valence-corrected chi connectivity index (χ2v) is 2.98. The molecule has 1 aliphatic heterocycles. The lowest BCUT2D eigenvalue weighted by atomic mass is 10.4. The molecule has 1 unspecified atom stereocenters. The smallest absolute Gasteiger partial charge is 0.177 e. The second kappa shape index (κ2) is 2.90. The molecule has 0 aromatic carbocycles. The number of rotatable bonds is 1. The van der Waals surface area contributed by atoms with Crippen LogP contribution in [0.2, 0.25) is 0 Å². The van der Waals surface area contributed by atoms with Crippen molar-refractivity contribution in [2.75, 3.05) is 14.2 Å². The van der Waals surface area contributed by atoms with E-state index in [4.69, 9.17) is 9.57 Å². The van der Waals surface area contributed by atoms with Gasteiger partial charge < -0.3 is 9.57 Å². The van der Waals surface area contributed by atoms with Gasteiger partial charge in [0, 0.05) is 14.2 Å². The van der Waals surface area contributed by atoms with Gasteiger partial charge in [-0.3, -0.25) is 0 Å². The number of allylic oxidation sites excluding steroid dienone is 1. The van der Waals surface area contributed by atoms with Crippen LogP contribution in [0.4, 0.5) is 0 Å². The SMILES string of the molecule is COC1C(Br)=C(C)ON1C. The summed E-state index contributed by atoms with van der Waals surface area (Å²) in [6, 6.07) is 0. The molecule has 1 atom stereocenters. The normalized spacial score (nSPS) is 27.4. The predicted octanol–water partition coefficient (Wildman–Crippen LogP) is 1.46. The first-order valence-corrected chi connectivity index (χ1v) is 3.76. The highest BCUT2D eigenvalue weighted by atomic mass is 79.9. The summed E-state index contributed by atoms with van der Waals surface area (Å²) in [5.41, 5.74) is 0. The van der Waals surface area contributed by atoms with E-state index in [1.165, 1.54) is 0 Å². The van der Waals surface area contributed by atoms with Crippen molar-refractivity contribution in [3.63, 3.8) is 0 Å². The highest BCUT2D eigenvalue weighted by molar-refractivity contribution is 9.11. The summed E-state index contributed by atoms with van der Waals surface area (Å²) in [6.45, 7) is 1.89. The molecule has 0 spiro atoms. The maximum atomic E-state index is 5.22. The zero-order valence-electron chi connectivity index (χ0n) is 6.22. The van der Waals surface area contributed by atoms with Crippen molar-refractivity contribution in [2.45, 2.75) is 13.2 Å². The third-order valence-corrected chi connectivity index (χ3v) is 2.34. The third-order valence-electron chi connectivity index (χ3n) is 1.39. The molecule has 0 aliphatic carbocycles. The van der Waals surface area contributed by atoms with Crippen LogP contribution in [0.1, 0.15) is 6.92 Å². The van der Waals surface area contributed by atoms with E-state index in [0.717, 1.165) is 10.2 Å². The van der Waals surface area contributed by atoms with E-state index >= 15 is 0 Å². The molecule has 0 N–H and O–H groups in total. The Bertz CT molecular complexity index is 169. The molecule has 0 saturated heterocycles. The van der Waals surface area contributed by atoms with Gasteiger partial charge in [0.15, 0.2) is 6.23 Å². The number of hydrogen-bond donors (Lipinski definition) is 0. The molecule has 4 heteroatoms. The molecular weight excluding hydrogens is 198 g/mol. The first-order valence-electron chi connectivity index (χ1n) is 2.96. The van der Waals surface area contributed by atoms with Crippen LogP contribution in [-0.4, -0.2) is 25.4 Å². The molecule has 0 aromatic heterocycles. The van der Waals surface area contributed by atoms with E-state index in [9.17, 15) is 0 Å². The first-order chi connectivity index (χ1) is 4.66. The minimum Gasteiger partial charge on any atom is -0.407 e. The van der Waals surface area contributed by atoms with Gasteiger partial charge in [0.2, 0.25) is 0 Å². The number of methoxy groups -OCH3 is 1. The molecule has 1 heterocycles. The lowest BCUT2D eigenvalue weighted by Crippen LogP contribution is -2.27. The fraction of sp³-hybridized carbons (Fsp3) is 0.667. The molecule has 3 nitrogen and oxygen atoms in total. The van der Waals surface area contributed by atoms with Crippen LogP contribution in [0.25, 0.3) is 0 Å². The Labute approximate surface area is 68.7 Å². The van der Waals surface area contributed by atoms with Gasteiger partial charge in [0.05, 0.1) is 4.48 Å². The van der Waals surface area contributed by atoms with Crippen LogP contribution in [0.15, 0.2) is 10.2 Å². The molecule has 1 aliphatic rings. The van der Waals surface area contributed by atoms with E-state index in [2.05, 4.69) is 15.9 Å². The number of hydroxylamine groups is 2. The molecule has 0 amide bonds. The van der Waals surface area contributed by atoms with Crippen LogP contribution in [0, 0.1) is 0 Å². The van der Waals surface area contributed by atoms with E-state index in [1.54, 1.807) is 12.2 Å². The number of nitrogens with zero attached hydrogens (tertiary/aromatic N) is 1. The van der Waals surface area contributed by atoms with E-state index in [-0.39, 0.29) is 6.23 Å². The number of likely N-dealkylation sites (N-methyl/N-ethyl adjacent to an activating group) is 1. The number of ether oxygens (including phenoxy) is 1. The topological polar surface area (TPSA) is 21.7 Å². The van der Waals surface area contributed by atoms with Gasteiger partial charge in [0.25, 0.3) is 0 Å². The van der Waals surface area contributed by atoms with Gasteiger partial charge in [-0.2, -0.15) is 0 Å². The summed E-state index contributed by atoms with van der Waals surface area (Å²) in [7, 11) is 3.47.